The quantitative estimate of drug-likeness (QED) is 0.696. The molecule has 0 heterocycles. The molecule has 2 rings (SSSR count). The lowest BCUT2D eigenvalue weighted by atomic mass is 10.0. The Morgan fingerprint density at radius 1 is 1.25 bits per heavy atom. The molecule has 0 bridgehead atoms. The van der Waals surface area contributed by atoms with E-state index in [-0.39, 0.29) is 18.2 Å². The van der Waals surface area contributed by atoms with Crippen LogP contribution >= 0.6 is 11.6 Å². The van der Waals surface area contributed by atoms with E-state index in [4.69, 9.17) is 21.1 Å². The molecule has 2 unspecified atom stereocenters. The number of carbonyl (C=O) groups excluding carboxylic acids is 1. The van der Waals surface area contributed by atoms with Gasteiger partial charge in [0.1, 0.15) is 6.54 Å². The van der Waals surface area contributed by atoms with Crippen molar-refractivity contribution in [2.75, 3.05) is 27.8 Å². The molecule has 0 aliphatic heterocycles. The van der Waals surface area contributed by atoms with Gasteiger partial charge in [0, 0.05) is 30.8 Å². The largest absolute Gasteiger partial charge is 0.351 e. The molecule has 2 atom stereocenters. The fourth-order valence-electron chi connectivity index (χ4n) is 3.31. The minimum Gasteiger partial charge on any atom is -0.351 e. The molecule has 1 aromatic carbocycles. The number of methoxy groups -OCH3 is 2. The number of carbonyl (C=O) groups is 1. The van der Waals surface area contributed by atoms with Crippen molar-refractivity contribution in [1.29, 1.82) is 0 Å². The van der Waals surface area contributed by atoms with E-state index >= 15 is 0 Å². The maximum Gasteiger partial charge on any atom is 0.283 e. The number of nitrogens with one attached hydrogen (secondary N) is 2. The van der Waals surface area contributed by atoms with Gasteiger partial charge in [-0.3, -0.25) is 4.79 Å². The number of amides is 1. The van der Waals surface area contributed by atoms with Crippen molar-refractivity contribution in [3.8, 4) is 0 Å². The summed E-state index contributed by atoms with van der Waals surface area (Å²) in [6.07, 6.45) is 4.16. The second kappa shape index (κ2) is 9.37. The van der Waals surface area contributed by atoms with Crippen molar-refractivity contribution in [2.24, 2.45) is 0 Å². The summed E-state index contributed by atoms with van der Waals surface area (Å²) in [6, 6.07) is 7.45. The van der Waals surface area contributed by atoms with E-state index in [0.717, 1.165) is 23.3 Å². The second-order valence-electron chi connectivity index (χ2n) is 6.43. The van der Waals surface area contributed by atoms with Crippen LogP contribution in [0.25, 0.3) is 0 Å². The Morgan fingerprint density at radius 2 is 1.83 bits per heavy atom. The van der Waals surface area contributed by atoms with Crippen molar-refractivity contribution in [1.82, 2.24) is 5.32 Å². The Hall–Kier alpha value is -1.14. The van der Waals surface area contributed by atoms with Crippen LogP contribution in [0, 0.1) is 0 Å². The zero-order valence-corrected chi connectivity index (χ0v) is 15.4. The van der Waals surface area contributed by atoms with Gasteiger partial charge in [-0.1, -0.05) is 36.6 Å². The van der Waals surface area contributed by atoms with E-state index in [0.29, 0.717) is 17.6 Å². The van der Waals surface area contributed by atoms with Crippen LogP contribution in [-0.2, 0) is 14.3 Å². The van der Waals surface area contributed by atoms with Crippen molar-refractivity contribution >= 4 is 17.5 Å². The number of hydrogen-bond donors (Lipinski definition) is 2. The molecule has 0 radical (unpaired) electrons. The molecule has 1 fully saturated rings. The topological polar surface area (TPSA) is 52.0 Å². The number of quaternary nitrogens is 1. The molecule has 1 aromatic rings. The smallest absolute Gasteiger partial charge is 0.283 e. The molecular formula is C18H28ClN2O3+. The normalized spacial score (nSPS) is 17.9. The lowest BCUT2D eigenvalue weighted by Gasteiger charge is -2.28. The fourth-order valence-corrected chi connectivity index (χ4v) is 3.44. The number of rotatable bonds is 8. The van der Waals surface area contributed by atoms with Crippen LogP contribution in [0.2, 0.25) is 5.02 Å². The molecule has 0 spiro atoms. The summed E-state index contributed by atoms with van der Waals surface area (Å²) in [4.78, 5) is 14.0. The zero-order valence-electron chi connectivity index (χ0n) is 14.7. The molecule has 5 nitrogen and oxygen atoms in total. The Morgan fingerprint density at radius 3 is 2.38 bits per heavy atom. The van der Waals surface area contributed by atoms with Gasteiger partial charge in [0.2, 0.25) is 6.29 Å². The molecule has 1 amide bonds. The van der Waals surface area contributed by atoms with Gasteiger partial charge in [0.15, 0.2) is 6.04 Å². The maximum atomic E-state index is 12.9. The number of benzene rings is 1. The van der Waals surface area contributed by atoms with Gasteiger partial charge in [-0.2, -0.15) is 0 Å². The molecule has 1 aliphatic carbocycles. The van der Waals surface area contributed by atoms with Gasteiger partial charge < -0.3 is 19.7 Å². The predicted molar refractivity (Wildman–Crippen MR) is 94.2 cm³/mol. The monoisotopic (exact) mass is 355 g/mol. The summed E-state index contributed by atoms with van der Waals surface area (Å²) in [5, 5.41) is 3.87. The first kappa shape index (κ1) is 19.2. The highest BCUT2D eigenvalue weighted by Gasteiger charge is 2.32. The summed E-state index contributed by atoms with van der Waals surface area (Å²) in [5.74, 6) is 0.0488. The van der Waals surface area contributed by atoms with E-state index in [1.165, 1.54) is 12.8 Å². The third-order valence-corrected chi connectivity index (χ3v) is 4.93. The van der Waals surface area contributed by atoms with Crippen molar-refractivity contribution in [3.63, 3.8) is 0 Å². The molecule has 0 saturated heterocycles. The number of likely N-dealkylation sites (N-methyl/N-ethyl adjacent to an activating group) is 1. The Kier molecular flexibility index (Phi) is 7.49. The van der Waals surface area contributed by atoms with Gasteiger partial charge >= 0.3 is 0 Å². The van der Waals surface area contributed by atoms with Crippen LogP contribution in [0.15, 0.2) is 24.3 Å². The van der Waals surface area contributed by atoms with Crippen LogP contribution in [0.4, 0.5) is 0 Å². The average Bonchev–Trinajstić information content (AvgIpc) is 3.07. The highest BCUT2D eigenvalue weighted by molar-refractivity contribution is 6.30. The summed E-state index contributed by atoms with van der Waals surface area (Å²) in [6.45, 7) is 0.568. The third-order valence-electron chi connectivity index (χ3n) is 4.67. The summed E-state index contributed by atoms with van der Waals surface area (Å²) < 4.78 is 10.6. The van der Waals surface area contributed by atoms with Gasteiger partial charge in [-0.25, -0.2) is 0 Å². The van der Waals surface area contributed by atoms with E-state index in [2.05, 4.69) is 5.32 Å². The summed E-state index contributed by atoms with van der Waals surface area (Å²) in [7, 11) is 5.20. The van der Waals surface area contributed by atoms with Crippen LogP contribution < -0.4 is 10.2 Å². The number of halogens is 1. The average molecular weight is 356 g/mol. The summed E-state index contributed by atoms with van der Waals surface area (Å²) >= 11 is 5.99. The number of ether oxygens (including phenoxy) is 2. The first-order chi connectivity index (χ1) is 11.5. The standard InChI is InChI=1S/C18H27ClN2O3/c1-21(12-16(23-2)24-3)17(13-8-10-14(19)11-9-13)18(22)20-15-6-4-5-7-15/h8-11,15-17H,4-7,12H2,1-3H3,(H,20,22)/p+1. The Labute approximate surface area is 149 Å². The maximum absolute atomic E-state index is 12.9. The first-order valence-corrected chi connectivity index (χ1v) is 8.86. The van der Waals surface area contributed by atoms with Gasteiger partial charge in [-0.15, -0.1) is 0 Å². The highest BCUT2D eigenvalue weighted by atomic mass is 35.5. The Bertz CT molecular complexity index is 514. The molecule has 0 aromatic heterocycles. The first-order valence-electron chi connectivity index (χ1n) is 8.49. The molecule has 2 N–H and O–H groups in total. The van der Waals surface area contributed by atoms with Gasteiger partial charge in [0.05, 0.1) is 7.05 Å². The molecule has 1 saturated carbocycles. The van der Waals surface area contributed by atoms with E-state index in [1.807, 2.05) is 31.3 Å². The third kappa shape index (κ3) is 5.18. The predicted octanol–water partition coefficient (Wildman–Crippen LogP) is 1.57. The Balaban J connectivity index is 2.16. The van der Waals surface area contributed by atoms with E-state index in [1.54, 1.807) is 14.2 Å². The van der Waals surface area contributed by atoms with Crippen molar-refractivity contribution < 1.29 is 19.2 Å². The molecule has 1 aliphatic rings. The van der Waals surface area contributed by atoms with Crippen molar-refractivity contribution in [2.45, 2.75) is 44.1 Å². The van der Waals surface area contributed by atoms with Crippen molar-refractivity contribution in [3.05, 3.63) is 34.9 Å². The molecule has 6 heteroatoms. The van der Waals surface area contributed by atoms with E-state index < -0.39 is 0 Å². The fraction of sp³-hybridized carbons (Fsp3) is 0.611. The summed E-state index contributed by atoms with van der Waals surface area (Å²) in [5.41, 5.74) is 0.943. The van der Waals surface area contributed by atoms with Gasteiger partial charge in [0.25, 0.3) is 5.91 Å². The highest BCUT2D eigenvalue weighted by Crippen LogP contribution is 2.20. The van der Waals surface area contributed by atoms with Crippen LogP contribution in [0.5, 0.6) is 0 Å². The SMILES string of the molecule is COC(C[NH+](C)C(C(=O)NC1CCCC1)c1ccc(Cl)cc1)OC. The molecule has 134 valence electrons. The second-order valence-corrected chi connectivity index (χ2v) is 6.86. The lowest BCUT2D eigenvalue weighted by molar-refractivity contribution is -0.908. The van der Waals surface area contributed by atoms with E-state index in [9.17, 15) is 4.79 Å². The number of hydrogen-bond acceptors (Lipinski definition) is 3. The molecule has 24 heavy (non-hydrogen) atoms. The molecular weight excluding hydrogens is 328 g/mol. The van der Waals surface area contributed by atoms with Crippen LogP contribution in [0.1, 0.15) is 37.3 Å². The van der Waals surface area contributed by atoms with Crippen LogP contribution in [0.3, 0.4) is 0 Å². The van der Waals surface area contributed by atoms with Gasteiger partial charge in [-0.05, 0) is 25.0 Å². The minimum atomic E-state index is -0.348. The minimum absolute atomic E-state index is 0.0488. The van der Waals surface area contributed by atoms with Crippen LogP contribution in [-0.4, -0.2) is 46.1 Å². The lowest BCUT2D eigenvalue weighted by Crippen LogP contribution is -3.11. The zero-order chi connectivity index (χ0) is 17.5.